The monoisotopic (exact) mass is 291 g/mol. The molecule has 0 aliphatic carbocycles. The topological polar surface area (TPSA) is 55.4 Å². The van der Waals surface area contributed by atoms with Crippen molar-refractivity contribution < 1.29 is 14.3 Å². The van der Waals surface area contributed by atoms with Gasteiger partial charge in [0.1, 0.15) is 6.61 Å². The molecule has 1 amide bonds. The highest BCUT2D eigenvalue weighted by atomic mass is 16.5. The van der Waals surface area contributed by atoms with Gasteiger partial charge >= 0.3 is 5.97 Å². The van der Waals surface area contributed by atoms with Crippen molar-refractivity contribution in [3.8, 4) is 0 Å². The van der Waals surface area contributed by atoms with Crippen LogP contribution in [0.3, 0.4) is 0 Å². The van der Waals surface area contributed by atoms with Gasteiger partial charge in [-0.3, -0.25) is 4.79 Å². The third kappa shape index (κ3) is 7.49. The van der Waals surface area contributed by atoms with Gasteiger partial charge in [0.15, 0.2) is 0 Å². The van der Waals surface area contributed by atoms with E-state index in [0.29, 0.717) is 18.5 Å². The zero-order chi connectivity index (χ0) is 15.5. The van der Waals surface area contributed by atoms with E-state index in [1.807, 2.05) is 19.1 Å². The van der Waals surface area contributed by atoms with E-state index < -0.39 is 0 Å². The maximum atomic E-state index is 11.8. The van der Waals surface area contributed by atoms with Gasteiger partial charge in [0.2, 0.25) is 5.91 Å². The van der Waals surface area contributed by atoms with Gasteiger partial charge < -0.3 is 10.1 Å². The highest BCUT2D eigenvalue weighted by molar-refractivity contribution is 5.89. The molecule has 1 rings (SSSR count). The zero-order valence-electron chi connectivity index (χ0n) is 13.0. The molecule has 0 heterocycles. The number of carbonyl (C=O) groups excluding carboxylic acids is 2. The Morgan fingerprint density at radius 2 is 2.00 bits per heavy atom. The minimum atomic E-state index is -0.351. The maximum Gasteiger partial charge on any atom is 0.338 e. The first-order valence-corrected chi connectivity index (χ1v) is 7.64. The first-order chi connectivity index (χ1) is 10.1. The van der Waals surface area contributed by atoms with Crippen molar-refractivity contribution in [2.24, 2.45) is 0 Å². The number of unbranched alkanes of at least 4 members (excludes halogenated alkanes) is 3. The van der Waals surface area contributed by atoms with Crippen molar-refractivity contribution in [2.45, 2.75) is 46.0 Å². The van der Waals surface area contributed by atoms with Crippen molar-refractivity contribution >= 4 is 11.9 Å². The van der Waals surface area contributed by atoms with Crippen LogP contribution in [-0.2, 0) is 9.53 Å². The van der Waals surface area contributed by atoms with Crippen LogP contribution >= 0.6 is 0 Å². The van der Waals surface area contributed by atoms with Gasteiger partial charge in [0, 0.05) is 6.42 Å². The Balaban J connectivity index is 2.13. The summed E-state index contributed by atoms with van der Waals surface area (Å²) in [5.74, 6) is -0.325. The molecule has 0 saturated heterocycles. The van der Waals surface area contributed by atoms with Gasteiger partial charge in [-0.15, -0.1) is 0 Å². The highest BCUT2D eigenvalue weighted by Crippen LogP contribution is 2.05. The number of hydrogen-bond donors (Lipinski definition) is 1. The molecule has 0 saturated carbocycles. The fraction of sp³-hybridized carbons (Fsp3) is 0.529. The Kier molecular flexibility index (Phi) is 8.17. The third-order valence-corrected chi connectivity index (χ3v) is 3.17. The van der Waals surface area contributed by atoms with Crippen molar-refractivity contribution in [3.63, 3.8) is 0 Å². The molecule has 1 aromatic carbocycles. The van der Waals surface area contributed by atoms with E-state index >= 15 is 0 Å². The summed E-state index contributed by atoms with van der Waals surface area (Å²) in [6.07, 6.45) is 4.89. The molecule has 4 heteroatoms. The van der Waals surface area contributed by atoms with Gasteiger partial charge in [0.05, 0.1) is 12.1 Å². The molecule has 116 valence electrons. The zero-order valence-corrected chi connectivity index (χ0v) is 13.0. The molecule has 1 N–H and O–H groups in total. The standard InChI is InChI=1S/C17H25NO3/c1-3-4-5-6-10-16(19)18-11-12-21-17(20)15-9-7-8-14(2)13-15/h7-9,13H,3-6,10-12H2,1-2H3,(H,18,19). The summed E-state index contributed by atoms with van der Waals surface area (Å²) < 4.78 is 5.12. The maximum absolute atomic E-state index is 11.8. The number of hydrogen-bond acceptors (Lipinski definition) is 3. The lowest BCUT2D eigenvalue weighted by Crippen LogP contribution is -2.27. The van der Waals surface area contributed by atoms with Crippen molar-refractivity contribution in [2.75, 3.05) is 13.2 Å². The molecule has 0 aliphatic heterocycles. The summed E-state index contributed by atoms with van der Waals surface area (Å²) in [6, 6.07) is 7.26. The summed E-state index contributed by atoms with van der Waals surface area (Å²) in [6.45, 7) is 4.63. The molecular formula is C17H25NO3. The van der Waals surface area contributed by atoms with E-state index in [1.165, 1.54) is 6.42 Å². The van der Waals surface area contributed by atoms with E-state index in [9.17, 15) is 9.59 Å². The van der Waals surface area contributed by atoms with Crippen LogP contribution in [0.25, 0.3) is 0 Å². The van der Waals surface area contributed by atoms with Crippen LogP contribution in [0.4, 0.5) is 0 Å². The smallest absolute Gasteiger partial charge is 0.338 e. The Bertz CT molecular complexity index is 457. The van der Waals surface area contributed by atoms with Gasteiger partial charge in [-0.05, 0) is 25.5 Å². The number of aryl methyl sites for hydroxylation is 1. The van der Waals surface area contributed by atoms with Crippen LogP contribution in [0.1, 0.15) is 54.9 Å². The Morgan fingerprint density at radius 3 is 2.71 bits per heavy atom. The number of carbonyl (C=O) groups is 2. The fourth-order valence-corrected chi connectivity index (χ4v) is 1.99. The fourth-order valence-electron chi connectivity index (χ4n) is 1.99. The molecule has 0 bridgehead atoms. The van der Waals surface area contributed by atoms with Gasteiger partial charge in [-0.25, -0.2) is 4.79 Å². The lowest BCUT2D eigenvalue weighted by atomic mass is 10.1. The molecule has 0 aliphatic rings. The summed E-state index contributed by atoms with van der Waals surface area (Å²) in [7, 11) is 0. The molecule has 0 fully saturated rings. The van der Waals surface area contributed by atoms with E-state index in [2.05, 4.69) is 12.2 Å². The third-order valence-electron chi connectivity index (χ3n) is 3.17. The van der Waals surface area contributed by atoms with Gasteiger partial charge in [-0.2, -0.15) is 0 Å². The van der Waals surface area contributed by atoms with E-state index in [1.54, 1.807) is 12.1 Å². The quantitative estimate of drug-likeness (QED) is 0.561. The lowest BCUT2D eigenvalue weighted by molar-refractivity contribution is -0.121. The molecule has 4 nitrogen and oxygen atoms in total. The Morgan fingerprint density at radius 1 is 1.19 bits per heavy atom. The van der Waals surface area contributed by atoms with Crippen LogP contribution < -0.4 is 5.32 Å². The van der Waals surface area contributed by atoms with E-state index in [-0.39, 0.29) is 18.5 Å². The molecular weight excluding hydrogens is 266 g/mol. The summed E-state index contributed by atoms with van der Waals surface area (Å²) in [5.41, 5.74) is 1.56. The van der Waals surface area contributed by atoms with Gasteiger partial charge in [-0.1, -0.05) is 43.9 Å². The average molecular weight is 291 g/mol. The summed E-state index contributed by atoms with van der Waals surface area (Å²) in [4.78, 5) is 23.3. The number of nitrogens with one attached hydrogen (secondary N) is 1. The second kappa shape index (κ2) is 9.97. The molecule has 1 aromatic rings. The number of esters is 1. The predicted octanol–water partition coefficient (Wildman–Crippen LogP) is 3.24. The highest BCUT2D eigenvalue weighted by Gasteiger charge is 2.07. The molecule has 0 unspecified atom stereocenters. The first-order valence-electron chi connectivity index (χ1n) is 7.64. The molecule has 0 aromatic heterocycles. The van der Waals surface area contributed by atoms with Crippen LogP contribution in [0, 0.1) is 6.92 Å². The van der Waals surface area contributed by atoms with Crippen molar-refractivity contribution in [1.82, 2.24) is 5.32 Å². The van der Waals surface area contributed by atoms with Crippen LogP contribution in [-0.4, -0.2) is 25.0 Å². The second-order valence-electron chi connectivity index (χ2n) is 5.17. The van der Waals surface area contributed by atoms with Crippen LogP contribution in [0.2, 0.25) is 0 Å². The van der Waals surface area contributed by atoms with E-state index in [4.69, 9.17) is 4.74 Å². The molecule has 0 spiro atoms. The predicted molar refractivity (Wildman–Crippen MR) is 83.2 cm³/mol. The Labute approximate surface area is 126 Å². The normalized spacial score (nSPS) is 10.2. The van der Waals surface area contributed by atoms with Gasteiger partial charge in [0.25, 0.3) is 0 Å². The Hall–Kier alpha value is -1.84. The number of amides is 1. The largest absolute Gasteiger partial charge is 0.460 e. The SMILES string of the molecule is CCCCCCC(=O)NCCOC(=O)c1cccc(C)c1. The summed E-state index contributed by atoms with van der Waals surface area (Å²) in [5, 5.41) is 2.76. The van der Waals surface area contributed by atoms with Crippen LogP contribution in [0.5, 0.6) is 0 Å². The minimum Gasteiger partial charge on any atom is -0.460 e. The van der Waals surface area contributed by atoms with Crippen LogP contribution in [0.15, 0.2) is 24.3 Å². The number of rotatable bonds is 9. The average Bonchev–Trinajstić information content (AvgIpc) is 2.48. The van der Waals surface area contributed by atoms with Crippen molar-refractivity contribution in [3.05, 3.63) is 35.4 Å². The minimum absolute atomic E-state index is 0.0257. The number of ether oxygens (including phenoxy) is 1. The lowest BCUT2D eigenvalue weighted by Gasteiger charge is -2.07. The molecule has 0 radical (unpaired) electrons. The van der Waals surface area contributed by atoms with Crippen molar-refractivity contribution in [1.29, 1.82) is 0 Å². The second-order valence-corrected chi connectivity index (χ2v) is 5.17. The number of benzene rings is 1. The molecule has 0 atom stereocenters. The molecule has 21 heavy (non-hydrogen) atoms. The first kappa shape index (κ1) is 17.2. The summed E-state index contributed by atoms with van der Waals surface area (Å²) >= 11 is 0. The van der Waals surface area contributed by atoms with E-state index in [0.717, 1.165) is 24.8 Å².